The summed E-state index contributed by atoms with van der Waals surface area (Å²) in [6.45, 7) is 5.36. The molecule has 0 aromatic heterocycles. The maximum Gasteiger partial charge on any atom is 0.129 e. The largest absolute Gasteiger partial charge is 0.207 e. The average molecular weight is 312 g/mol. The molecule has 3 heteroatoms. The minimum absolute atomic E-state index is 0.157. The third-order valence-electron chi connectivity index (χ3n) is 1.71. The molecule has 0 N–H and O–H groups in total. The molecule has 14 heavy (non-hydrogen) atoms. The second-order valence-electron chi connectivity index (χ2n) is 3.85. The summed E-state index contributed by atoms with van der Waals surface area (Å²) in [4.78, 5) is 1.97. The molecule has 0 atom stereocenters. The van der Waals surface area contributed by atoms with Crippen LogP contribution < -0.4 is 0 Å². The highest BCUT2D eigenvalue weighted by Crippen LogP contribution is 2.27. The fraction of sp³-hybridized carbons (Fsp3) is 0.455. The molecule has 0 unspecified atom stereocenters. The Labute approximate surface area is 97.9 Å². The predicted molar refractivity (Wildman–Crippen MR) is 65.0 cm³/mol. The Morgan fingerprint density at radius 2 is 1.36 bits per heavy atom. The fourth-order valence-corrected chi connectivity index (χ4v) is 1.21. The van der Waals surface area contributed by atoms with Crippen molar-refractivity contribution < 1.29 is 8.78 Å². The average Bonchev–Trinajstić information content (AvgIpc) is 2.05. The van der Waals surface area contributed by atoms with Gasteiger partial charge in [-0.25, -0.2) is 8.78 Å². The van der Waals surface area contributed by atoms with Gasteiger partial charge in [-0.05, 0) is 22.5 Å². The van der Waals surface area contributed by atoms with Gasteiger partial charge in [0.15, 0.2) is 0 Å². The third kappa shape index (κ3) is 3.52. The summed E-state index contributed by atoms with van der Waals surface area (Å²) in [5.74, 6) is -0.940. The zero-order valence-corrected chi connectivity index (χ0v) is 11.0. The van der Waals surface area contributed by atoms with Crippen LogP contribution in [0.15, 0.2) is 18.2 Å². The van der Waals surface area contributed by atoms with Crippen LogP contribution >= 0.6 is 22.6 Å². The van der Waals surface area contributed by atoms with Crippen molar-refractivity contribution in [2.24, 2.45) is 0 Å². The van der Waals surface area contributed by atoms with Crippen LogP contribution in [0.1, 0.15) is 26.3 Å². The minimum Gasteiger partial charge on any atom is -0.207 e. The van der Waals surface area contributed by atoms with Crippen LogP contribution in [0.3, 0.4) is 0 Å². The molecule has 0 radical (unpaired) electrons. The van der Waals surface area contributed by atoms with Gasteiger partial charge in [-0.15, -0.1) is 0 Å². The normalized spacial score (nSPS) is 10.5. The van der Waals surface area contributed by atoms with Gasteiger partial charge >= 0.3 is 0 Å². The summed E-state index contributed by atoms with van der Waals surface area (Å²) in [6, 6.07) is 3.94. The molecule has 0 nitrogen and oxygen atoms in total. The van der Waals surface area contributed by atoms with Crippen LogP contribution in [0.2, 0.25) is 0 Å². The van der Waals surface area contributed by atoms with E-state index in [0.717, 1.165) is 0 Å². The molecule has 0 saturated carbocycles. The Kier molecular flexibility index (Phi) is 5.56. The lowest BCUT2D eigenvalue weighted by Crippen LogP contribution is -2.15. The van der Waals surface area contributed by atoms with Crippen LogP contribution in [0.4, 0.5) is 8.78 Å². The van der Waals surface area contributed by atoms with E-state index in [4.69, 9.17) is 0 Å². The quantitative estimate of drug-likeness (QED) is 0.494. The molecule has 0 heterocycles. The molecule has 80 valence electrons. The molecule has 0 amide bonds. The summed E-state index contributed by atoms with van der Waals surface area (Å²) >= 11 is 2.15. The number of rotatable bonds is 0. The van der Waals surface area contributed by atoms with Crippen LogP contribution in [0.5, 0.6) is 0 Å². The Morgan fingerprint density at radius 3 is 1.57 bits per heavy atom. The van der Waals surface area contributed by atoms with Crippen molar-refractivity contribution in [2.75, 3.05) is 4.93 Å². The summed E-state index contributed by atoms with van der Waals surface area (Å²) < 4.78 is 26.2. The van der Waals surface area contributed by atoms with Gasteiger partial charge < -0.3 is 0 Å². The number of benzene rings is 1. The zero-order valence-electron chi connectivity index (χ0n) is 8.87. The maximum atomic E-state index is 13.1. The van der Waals surface area contributed by atoms with E-state index < -0.39 is 17.0 Å². The summed E-state index contributed by atoms with van der Waals surface area (Å²) in [5.41, 5.74) is -0.319. The van der Waals surface area contributed by atoms with Crippen LogP contribution in [0, 0.1) is 11.6 Å². The lowest BCUT2D eigenvalue weighted by atomic mass is 9.86. The van der Waals surface area contributed by atoms with E-state index in [1.807, 2.05) is 4.93 Å². The number of alkyl halides is 1. The monoisotopic (exact) mass is 312 g/mol. The van der Waals surface area contributed by atoms with Crippen molar-refractivity contribution in [3.05, 3.63) is 35.4 Å². The lowest BCUT2D eigenvalue weighted by Gasteiger charge is -2.20. The van der Waals surface area contributed by atoms with E-state index in [9.17, 15) is 8.78 Å². The number of hydrogen-bond donors (Lipinski definition) is 0. The second-order valence-corrected chi connectivity index (χ2v) is 3.85. The Bertz CT molecular complexity index is 270. The van der Waals surface area contributed by atoms with E-state index in [1.165, 1.54) is 18.2 Å². The molecule has 1 aromatic rings. The standard InChI is InChI=1S/C10H12F2.CH3I/c1-10(2,3)9-7(11)5-4-6-8(9)12;1-2/h4-6H,1-3H3;1H3. The zero-order chi connectivity index (χ0) is 11.4. The van der Waals surface area contributed by atoms with E-state index >= 15 is 0 Å². The van der Waals surface area contributed by atoms with E-state index in [-0.39, 0.29) is 5.56 Å². The molecule has 0 aliphatic heterocycles. The molecule has 1 rings (SSSR count). The molecule has 0 spiro atoms. The van der Waals surface area contributed by atoms with Gasteiger partial charge in [-0.3, -0.25) is 0 Å². The Morgan fingerprint density at radius 1 is 1.00 bits per heavy atom. The van der Waals surface area contributed by atoms with Crippen molar-refractivity contribution in [3.8, 4) is 0 Å². The van der Waals surface area contributed by atoms with Crippen LogP contribution in [-0.4, -0.2) is 4.93 Å². The molecular formula is C11H15F2I. The van der Waals surface area contributed by atoms with E-state index in [2.05, 4.69) is 22.6 Å². The highest BCUT2D eigenvalue weighted by molar-refractivity contribution is 14.1. The first-order chi connectivity index (χ1) is 6.43. The first-order valence-electron chi connectivity index (χ1n) is 4.25. The van der Waals surface area contributed by atoms with Gasteiger partial charge in [0.2, 0.25) is 0 Å². The van der Waals surface area contributed by atoms with Crippen molar-refractivity contribution in [1.29, 1.82) is 0 Å². The topological polar surface area (TPSA) is 0 Å². The molecular weight excluding hydrogens is 297 g/mol. The number of hydrogen-bond acceptors (Lipinski definition) is 0. The Balaban J connectivity index is 0.000000791. The molecule has 0 bridgehead atoms. The van der Waals surface area contributed by atoms with Gasteiger partial charge in [0.1, 0.15) is 11.6 Å². The molecule has 0 aliphatic carbocycles. The van der Waals surface area contributed by atoms with Crippen LogP contribution in [-0.2, 0) is 5.41 Å². The van der Waals surface area contributed by atoms with Gasteiger partial charge in [0.25, 0.3) is 0 Å². The van der Waals surface area contributed by atoms with E-state index in [0.29, 0.717) is 0 Å². The van der Waals surface area contributed by atoms with Gasteiger partial charge in [0, 0.05) is 5.56 Å². The fourth-order valence-electron chi connectivity index (χ4n) is 1.21. The first kappa shape index (κ1) is 13.8. The van der Waals surface area contributed by atoms with Gasteiger partial charge in [-0.2, -0.15) is 0 Å². The SMILES string of the molecule is CC(C)(C)c1c(F)cccc1F.CI. The van der Waals surface area contributed by atoms with Gasteiger partial charge in [-0.1, -0.05) is 49.4 Å². The number of halogens is 3. The summed E-state index contributed by atoms with van der Waals surface area (Å²) in [7, 11) is 0. The molecule has 0 fully saturated rings. The van der Waals surface area contributed by atoms with E-state index in [1.54, 1.807) is 20.8 Å². The summed E-state index contributed by atoms with van der Waals surface area (Å²) in [6.07, 6.45) is 0. The van der Waals surface area contributed by atoms with Crippen molar-refractivity contribution in [3.63, 3.8) is 0 Å². The van der Waals surface area contributed by atoms with Crippen molar-refractivity contribution >= 4 is 22.6 Å². The molecule has 0 aliphatic rings. The van der Waals surface area contributed by atoms with Crippen LogP contribution in [0.25, 0.3) is 0 Å². The van der Waals surface area contributed by atoms with Gasteiger partial charge in [0.05, 0.1) is 0 Å². The lowest BCUT2D eigenvalue weighted by molar-refractivity contribution is 0.475. The van der Waals surface area contributed by atoms with Crippen molar-refractivity contribution in [2.45, 2.75) is 26.2 Å². The molecule has 0 saturated heterocycles. The highest BCUT2D eigenvalue weighted by Gasteiger charge is 2.21. The second kappa shape index (κ2) is 5.63. The predicted octanol–water partition coefficient (Wildman–Crippen LogP) is 4.31. The first-order valence-corrected chi connectivity index (χ1v) is 6.41. The summed E-state index contributed by atoms with van der Waals surface area (Å²) in [5, 5.41) is 0. The smallest absolute Gasteiger partial charge is 0.129 e. The van der Waals surface area contributed by atoms with Crippen molar-refractivity contribution in [1.82, 2.24) is 0 Å². The Hall–Kier alpha value is -0.190. The molecule has 1 aromatic carbocycles. The maximum absolute atomic E-state index is 13.1. The third-order valence-corrected chi connectivity index (χ3v) is 1.71. The highest BCUT2D eigenvalue weighted by atomic mass is 127. The minimum atomic E-state index is -0.477.